The molecule has 2 N–H and O–H groups in total. The van der Waals surface area contributed by atoms with E-state index in [1.165, 1.54) is 5.56 Å². The van der Waals surface area contributed by atoms with Gasteiger partial charge in [-0.3, -0.25) is 4.79 Å². The van der Waals surface area contributed by atoms with Crippen molar-refractivity contribution in [1.29, 1.82) is 0 Å². The molecular weight excluding hydrogens is 248 g/mol. The molecule has 0 aliphatic rings. The van der Waals surface area contributed by atoms with E-state index in [-0.39, 0.29) is 17.5 Å². The Morgan fingerprint density at radius 1 is 1.15 bits per heavy atom. The highest BCUT2D eigenvalue weighted by molar-refractivity contribution is 5.76. The van der Waals surface area contributed by atoms with E-state index in [2.05, 4.69) is 57.4 Å². The fourth-order valence-electron chi connectivity index (χ4n) is 2.09. The molecule has 20 heavy (non-hydrogen) atoms. The number of hydrogen-bond donors (Lipinski definition) is 2. The SMILES string of the molecule is CC(C)C(NC(=O)CCNC(C)(C)C)c1ccccc1. The molecule has 1 unspecified atom stereocenters. The third-order valence-corrected chi connectivity index (χ3v) is 3.15. The molecule has 0 saturated heterocycles. The number of hydrogen-bond acceptors (Lipinski definition) is 2. The monoisotopic (exact) mass is 276 g/mol. The molecule has 0 aromatic heterocycles. The topological polar surface area (TPSA) is 41.1 Å². The normalized spacial score (nSPS) is 13.3. The highest BCUT2D eigenvalue weighted by atomic mass is 16.1. The molecule has 0 radical (unpaired) electrons. The third kappa shape index (κ3) is 6.20. The van der Waals surface area contributed by atoms with Gasteiger partial charge in [0.25, 0.3) is 0 Å². The number of benzene rings is 1. The van der Waals surface area contributed by atoms with E-state index in [1.807, 2.05) is 18.2 Å². The minimum atomic E-state index is 0.0527. The maximum Gasteiger partial charge on any atom is 0.221 e. The summed E-state index contributed by atoms with van der Waals surface area (Å²) in [6.07, 6.45) is 0.507. The van der Waals surface area contributed by atoms with Gasteiger partial charge in [0.1, 0.15) is 0 Å². The predicted molar refractivity (Wildman–Crippen MR) is 84.5 cm³/mol. The fraction of sp³-hybridized carbons (Fsp3) is 0.588. The largest absolute Gasteiger partial charge is 0.349 e. The average Bonchev–Trinajstić information content (AvgIpc) is 2.35. The first-order valence-electron chi connectivity index (χ1n) is 7.39. The van der Waals surface area contributed by atoms with Crippen molar-refractivity contribution in [1.82, 2.24) is 10.6 Å². The minimum Gasteiger partial charge on any atom is -0.349 e. The van der Waals surface area contributed by atoms with Gasteiger partial charge in [-0.15, -0.1) is 0 Å². The first-order valence-corrected chi connectivity index (χ1v) is 7.39. The summed E-state index contributed by atoms with van der Waals surface area (Å²) in [5.41, 5.74) is 1.22. The third-order valence-electron chi connectivity index (χ3n) is 3.15. The molecule has 1 atom stereocenters. The van der Waals surface area contributed by atoms with Crippen LogP contribution in [0.2, 0.25) is 0 Å². The molecule has 0 bridgehead atoms. The molecular formula is C17H28N2O. The van der Waals surface area contributed by atoms with Gasteiger partial charge in [-0.25, -0.2) is 0 Å². The summed E-state index contributed by atoms with van der Waals surface area (Å²) in [4.78, 5) is 12.1. The molecule has 0 fully saturated rings. The lowest BCUT2D eigenvalue weighted by Gasteiger charge is -2.24. The van der Waals surface area contributed by atoms with Crippen LogP contribution in [0.3, 0.4) is 0 Å². The van der Waals surface area contributed by atoms with E-state index in [1.54, 1.807) is 0 Å². The van der Waals surface area contributed by atoms with Crippen LogP contribution in [0.5, 0.6) is 0 Å². The smallest absolute Gasteiger partial charge is 0.221 e. The summed E-state index contributed by atoms with van der Waals surface area (Å²) >= 11 is 0. The summed E-state index contributed by atoms with van der Waals surface area (Å²) in [5, 5.41) is 6.47. The zero-order valence-corrected chi connectivity index (χ0v) is 13.4. The van der Waals surface area contributed by atoms with Crippen LogP contribution in [0.25, 0.3) is 0 Å². The van der Waals surface area contributed by atoms with Gasteiger partial charge < -0.3 is 10.6 Å². The highest BCUT2D eigenvalue weighted by Crippen LogP contribution is 2.21. The molecule has 1 aromatic rings. The molecule has 0 aliphatic carbocycles. The number of carbonyl (C=O) groups excluding carboxylic acids is 1. The Morgan fingerprint density at radius 3 is 2.25 bits per heavy atom. The van der Waals surface area contributed by atoms with Gasteiger partial charge in [0.2, 0.25) is 5.91 Å². The molecule has 1 amide bonds. The van der Waals surface area contributed by atoms with Crippen LogP contribution >= 0.6 is 0 Å². The molecule has 0 saturated carbocycles. The van der Waals surface area contributed by atoms with Crippen LogP contribution in [0.15, 0.2) is 30.3 Å². The van der Waals surface area contributed by atoms with E-state index in [0.29, 0.717) is 18.9 Å². The van der Waals surface area contributed by atoms with E-state index < -0.39 is 0 Å². The van der Waals surface area contributed by atoms with Crippen molar-refractivity contribution >= 4 is 5.91 Å². The Labute approximate surface area is 123 Å². The van der Waals surface area contributed by atoms with Crippen LogP contribution in [0.4, 0.5) is 0 Å². The van der Waals surface area contributed by atoms with Gasteiger partial charge in [-0.2, -0.15) is 0 Å². The lowest BCUT2D eigenvalue weighted by atomic mass is 9.96. The van der Waals surface area contributed by atoms with Gasteiger partial charge in [0.05, 0.1) is 6.04 Å². The number of amides is 1. The van der Waals surface area contributed by atoms with Crippen molar-refractivity contribution in [3.05, 3.63) is 35.9 Å². The second-order valence-electron chi connectivity index (χ2n) is 6.63. The Bertz CT molecular complexity index is 407. The summed E-state index contributed by atoms with van der Waals surface area (Å²) in [6.45, 7) is 11.3. The van der Waals surface area contributed by atoms with Crippen molar-refractivity contribution < 1.29 is 4.79 Å². The zero-order valence-electron chi connectivity index (χ0n) is 13.4. The quantitative estimate of drug-likeness (QED) is 0.837. The highest BCUT2D eigenvalue weighted by Gasteiger charge is 2.18. The summed E-state index contributed by atoms with van der Waals surface area (Å²) in [5.74, 6) is 0.473. The maximum atomic E-state index is 12.1. The Kier molecular flexibility index (Phi) is 6.21. The van der Waals surface area contributed by atoms with Crippen molar-refractivity contribution in [3.8, 4) is 0 Å². The Morgan fingerprint density at radius 2 is 1.75 bits per heavy atom. The van der Waals surface area contributed by atoms with Gasteiger partial charge in [0.15, 0.2) is 0 Å². The molecule has 0 aliphatic heterocycles. The van der Waals surface area contributed by atoms with Crippen molar-refractivity contribution in [2.45, 2.75) is 52.6 Å². The molecule has 0 spiro atoms. The predicted octanol–water partition coefficient (Wildman–Crippen LogP) is 3.28. The van der Waals surface area contributed by atoms with Crippen LogP contribution in [0.1, 0.15) is 52.6 Å². The Balaban J connectivity index is 2.53. The van der Waals surface area contributed by atoms with Crippen LogP contribution in [0, 0.1) is 5.92 Å². The van der Waals surface area contributed by atoms with E-state index in [9.17, 15) is 4.79 Å². The summed E-state index contributed by atoms with van der Waals surface area (Å²) < 4.78 is 0. The van der Waals surface area contributed by atoms with Crippen LogP contribution in [-0.4, -0.2) is 18.0 Å². The second kappa shape index (κ2) is 7.44. The zero-order chi connectivity index (χ0) is 15.2. The van der Waals surface area contributed by atoms with Crippen LogP contribution in [-0.2, 0) is 4.79 Å². The van der Waals surface area contributed by atoms with Gasteiger partial charge in [-0.05, 0) is 32.3 Å². The molecule has 112 valence electrons. The average molecular weight is 276 g/mol. The first-order chi connectivity index (χ1) is 9.29. The summed E-state index contributed by atoms with van der Waals surface area (Å²) in [7, 11) is 0. The van der Waals surface area contributed by atoms with E-state index in [0.717, 1.165) is 0 Å². The maximum absolute atomic E-state index is 12.1. The Hall–Kier alpha value is -1.35. The van der Waals surface area contributed by atoms with E-state index in [4.69, 9.17) is 0 Å². The van der Waals surface area contributed by atoms with Gasteiger partial charge in [0, 0.05) is 18.5 Å². The lowest BCUT2D eigenvalue weighted by Crippen LogP contribution is -2.39. The van der Waals surface area contributed by atoms with Gasteiger partial charge >= 0.3 is 0 Å². The van der Waals surface area contributed by atoms with Crippen molar-refractivity contribution in [2.75, 3.05) is 6.54 Å². The lowest BCUT2D eigenvalue weighted by molar-refractivity contribution is -0.122. The number of carbonyl (C=O) groups is 1. The van der Waals surface area contributed by atoms with Gasteiger partial charge in [-0.1, -0.05) is 44.2 Å². The van der Waals surface area contributed by atoms with Crippen molar-refractivity contribution in [3.63, 3.8) is 0 Å². The fourth-order valence-corrected chi connectivity index (χ4v) is 2.09. The van der Waals surface area contributed by atoms with Crippen LogP contribution < -0.4 is 10.6 Å². The molecule has 1 aromatic carbocycles. The summed E-state index contributed by atoms with van der Waals surface area (Å²) in [6, 6.07) is 10.2. The molecule has 3 nitrogen and oxygen atoms in total. The van der Waals surface area contributed by atoms with E-state index >= 15 is 0 Å². The molecule has 3 heteroatoms. The second-order valence-corrected chi connectivity index (χ2v) is 6.63. The molecule has 1 rings (SSSR count). The van der Waals surface area contributed by atoms with Crippen molar-refractivity contribution in [2.24, 2.45) is 5.92 Å². The number of nitrogens with one attached hydrogen (secondary N) is 2. The standard InChI is InChI=1S/C17H28N2O/c1-13(2)16(14-9-7-6-8-10-14)19-15(20)11-12-18-17(3,4)5/h6-10,13,16,18H,11-12H2,1-5H3,(H,19,20). The number of rotatable bonds is 6. The molecule has 0 heterocycles. The first kappa shape index (κ1) is 16.7. The minimum absolute atomic E-state index is 0.0527.